The molecule has 2 aromatic rings. The highest BCUT2D eigenvalue weighted by Gasteiger charge is 2.05. The molecule has 0 aliphatic rings. The first-order valence-electron chi connectivity index (χ1n) is 5.75. The summed E-state index contributed by atoms with van der Waals surface area (Å²) in [5.74, 6) is 0.943. The summed E-state index contributed by atoms with van der Waals surface area (Å²) >= 11 is 3.36. The molecule has 0 bridgehead atoms. The molecular formula is C14H13BrN2O2. The van der Waals surface area contributed by atoms with Gasteiger partial charge in [0, 0.05) is 10.7 Å². The topological polar surface area (TPSA) is 51.2 Å². The molecule has 5 heteroatoms. The van der Waals surface area contributed by atoms with Crippen LogP contribution in [0.4, 0.5) is 5.82 Å². The van der Waals surface area contributed by atoms with Crippen molar-refractivity contribution in [2.45, 2.75) is 6.92 Å². The van der Waals surface area contributed by atoms with E-state index >= 15 is 0 Å². The van der Waals surface area contributed by atoms with Crippen LogP contribution in [0.15, 0.2) is 47.1 Å². The highest BCUT2D eigenvalue weighted by molar-refractivity contribution is 9.10. The minimum atomic E-state index is -0.238. The predicted octanol–water partition coefficient (Wildman–Crippen LogP) is 3.17. The Kier molecular flexibility index (Phi) is 4.52. The van der Waals surface area contributed by atoms with E-state index < -0.39 is 0 Å². The SMILES string of the molecule is Cc1cc(NC(=O)COc2ccccc2)ncc1Br. The first kappa shape index (κ1) is 13.5. The standard InChI is InChI=1S/C14H13BrN2O2/c1-10-7-13(16-8-12(10)15)17-14(18)9-19-11-5-3-2-4-6-11/h2-8H,9H2,1H3,(H,16,17,18). The average Bonchev–Trinajstić information content (AvgIpc) is 2.42. The number of ether oxygens (including phenoxy) is 1. The van der Waals surface area contributed by atoms with Crippen molar-refractivity contribution in [1.29, 1.82) is 0 Å². The fourth-order valence-corrected chi connectivity index (χ4v) is 1.67. The van der Waals surface area contributed by atoms with Crippen molar-refractivity contribution in [3.8, 4) is 5.75 Å². The second kappa shape index (κ2) is 6.33. The van der Waals surface area contributed by atoms with Gasteiger partial charge in [0.15, 0.2) is 6.61 Å². The zero-order valence-electron chi connectivity index (χ0n) is 10.4. The smallest absolute Gasteiger partial charge is 0.263 e. The maximum Gasteiger partial charge on any atom is 0.263 e. The Morgan fingerprint density at radius 1 is 1.37 bits per heavy atom. The molecule has 4 nitrogen and oxygen atoms in total. The van der Waals surface area contributed by atoms with E-state index in [9.17, 15) is 4.79 Å². The highest BCUT2D eigenvalue weighted by Crippen LogP contribution is 2.17. The number of hydrogen-bond donors (Lipinski definition) is 1. The lowest BCUT2D eigenvalue weighted by molar-refractivity contribution is -0.118. The molecule has 0 aliphatic heterocycles. The lowest BCUT2D eigenvalue weighted by atomic mass is 10.3. The van der Waals surface area contributed by atoms with Crippen molar-refractivity contribution in [3.05, 3.63) is 52.6 Å². The Hall–Kier alpha value is -1.88. The Morgan fingerprint density at radius 3 is 2.79 bits per heavy atom. The molecular weight excluding hydrogens is 308 g/mol. The van der Waals surface area contributed by atoms with Crippen LogP contribution in [0.5, 0.6) is 5.75 Å². The summed E-state index contributed by atoms with van der Waals surface area (Å²) in [4.78, 5) is 15.8. The molecule has 1 aromatic heterocycles. The van der Waals surface area contributed by atoms with Crippen molar-refractivity contribution in [3.63, 3.8) is 0 Å². The van der Waals surface area contributed by atoms with E-state index in [0.717, 1.165) is 10.0 Å². The van der Waals surface area contributed by atoms with Gasteiger partial charge in [-0.25, -0.2) is 4.98 Å². The third-order valence-corrected chi connectivity index (χ3v) is 3.26. The maximum atomic E-state index is 11.7. The second-order valence-electron chi connectivity index (χ2n) is 3.97. The summed E-state index contributed by atoms with van der Waals surface area (Å²) in [7, 11) is 0. The van der Waals surface area contributed by atoms with Crippen molar-refractivity contribution in [1.82, 2.24) is 4.98 Å². The lowest BCUT2D eigenvalue weighted by Crippen LogP contribution is -2.20. The molecule has 0 spiro atoms. The van der Waals surface area contributed by atoms with Gasteiger partial charge in [0.2, 0.25) is 0 Å². The van der Waals surface area contributed by atoms with Crippen LogP contribution in [-0.4, -0.2) is 17.5 Å². The third-order valence-electron chi connectivity index (χ3n) is 2.43. The Labute approximate surface area is 119 Å². The largest absolute Gasteiger partial charge is 0.484 e. The van der Waals surface area contributed by atoms with Crippen LogP contribution in [-0.2, 0) is 4.79 Å². The second-order valence-corrected chi connectivity index (χ2v) is 4.82. The van der Waals surface area contributed by atoms with Gasteiger partial charge < -0.3 is 10.1 Å². The van der Waals surface area contributed by atoms with Gasteiger partial charge in [-0.3, -0.25) is 4.79 Å². The normalized spacial score (nSPS) is 10.0. The number of aromatic nitrogens is 1. The Bertz CT molecular complexity index is 573. The van der Waals surface area contributed by atoms with Crippen molar-refractivity contribution in [2.24, 2.45) is 0 Å². The summed E-state index contributed by atoms with van der Waals surface area (Å²) < 4.78 is 6.25. The van der Waals surface area contributed by atoms with Crippen LogP contribution in [0.2, 0.25) is 0 Å². The van der Waals surface area contributed by atoms with Gasteiger partial charge in [-0.05, 0) is 46.6 Å². The molecule has 0 fully saturated rings. The molecule has 98 valence electrons. The molecule has 0 unspecified atom stereocenters. The van der Waals surface area contributed by atoms with E-state index in [2.05, 4.69) is 26.2 Å². The predicted molar refractivity (Wildman–Crippen MR) is 77.2 cm³/mol. The molecule has 1 heterocycles. The van der Waals surface area contributed by atoms with Gasteiger partial charge in [0.1, 0.15) is 11.6 Å². The van der Waals surface area contributed by atoms with Crippen molar-refractivity contribution in [2.75, 3.05) is 11.9 Å². The van der Waals surface area contributed by atoms with E-state index in [1.807, 2.05) is 25.1 Å². The number of carbonyl (C=O) groups excluding carboxylic acids is 1. The van der Waals surface area contributed by atoms with E-state index in [1.54, 1.807) is 24.4 Å². The van der Waals surface area contributed by atoms with Gasteiger partial charge in [0.25, 0.3) is 5.91 Å². The molecule has 2 rings (SSSR count). The molecule has 0 aliphatic carbocycles. The number of halogens is 1. The van der Waals surface area contributed by atoms with Crippen LogP contribution in [0.3, 0.4) is 0 Å². The number of carbonyl (C=O) groups is 1. The number of hydrogen-bond acceptors (Lipinski definition) is 3. The van der Waals surface area contributed by atoms with Gasteiger partial charge in [-0.2, -0.15) is 0 Å². The van der Waals surface area contributed by atoms with E-state index in [4.69, 9.17) is 4.74 Å². The first-order chi connectivity index (χ1) is 9.15. The molecule has 1 amide bonds. The number of nitrogens with zero attached hydrogens (tertiary/aromatic N) is 1. The first-order valence-corrected chi connectivity index (χ1v) is 6.54. The van der Waals surface area contributed by atoms with Gasteiger partial charge >= 0.3 is 0 Å². The van der Waals surface area contributed by atoms with Crippen LogP contribution in [0.1, 0.15) is 5.56 Å². The molecule has 0 saturated heterocycles. The Morgan fingerprint density at radius 2 is 2.11 bits per heavy atom. The van der Waals surface area contributed by atoms with Gasteiger partial charge in [0.05, 0.1) is 0 Å². The highest BCUT2D eigenvalue weighted by atomic mass is 79.9. The number of para-hydroxylation sites is 1. The Balaban J connectivity index is 1.89. The molecule has 19 heavy (non-hydrogen) atoms. The number of benzene rings is 1. The number of anilines is 1. The molecule has 0 radical (unpaired) electrons. The summed E-state index contributed by atoms with van der Waals surface area (Å²) in [6, 6.07) is 11.0. The fraction of sp³-hybridized carbons (Fsp3) is 0.143. The summed E-state index contributed by atoms with van der Waals surface area (Å²) in [6.07, 6.45) is 1.66. The van der Waals surface area contributed by atoms with E-state index in [1.165, 1.54) is 0 Å². The third kappa shape index (κ3) is 4.06. The van der Waals surface area contributed by atoms with Crippen LogP contribution < -0.4 is 10.1 Å². The molecule has 1 N–H and O–H groups in total. The monoisotopic (exact) mass is 320 g/mol. The van der Waals surface area contributed by atoms with E-state index in [0.29, 0.717) is 11.6 Å². The summed E-state index contributed by atoms with van der Waals surface area (Å²) in [6.45, 7) is 1.89. The molecule has 0 atom stereocenters. The van der Waals surface area contributed by atoms with Crippen molar-refractivity contribution >= 4 is 27.7 Å². The number of aryl methyl sites for hydroxylation is 1. The zero-order valence-corrected chi connectivity index (χ0v) is 12.0. The van der Waals surface area contributed by atoms with Gasteiger partial charge in [-0.1, -0.05) is 18.2 Å². The maximum absolute atomic E-state index is 11.7. The minimum Gasteiger partial charge on any atom is -0.484 e. The van der Waals surface area contributed by atoms with E-state index in [-0.39, 0.29) is 12.5 Å². The summed E-state index contributed by atoms with van der Waals surface area (Å²) in [5.41, 5.74) is 1.01. The van der Waals surface area contributed by atoms with Crippen LogP contribution >= 0.6 is 15.9 Å². The quantitative estimate of drug-likeness (QED) is 0.941. The number of nitrogens with one attached hydrogen (secondary N) is 1. The molecule has 0 saturated carbocycles. The molecule has 1 aromatic carbocycles. The minimum absolute atomic E-state index is 0.0409. The van der Waals surface area contributed by atoms with Gasteiger partial charge in [-0.15, -0.1) is 0 Å². The summed E-state index contributed by atoms with van der Waals surface area (Å²) in [5, 5.41) is 2.68. The number of rotatable bonds is 4. The lowest BCUT2D eigenvalue weighted by Gasteiger charge is -2.07. The number of amides is 1. The number of pyridine rings is 1. The average molecular weight is 321 g/mol. The fourth-order valence-electron chi connectivity index (χ4n) is 1.45. The zero-order chi connectivity index (χ0) is 13.7. The van der Waals surface area contributed by atoms with Crippen LogP contribution in [0, 0.1) is 6.92 Å². The van der Waals surface area contributed by atoms with Crippen molar-refractivity contribution < 1.29 is 9.53 Å². The van der Waals surface area contributed by atoms with Crippen LogP contribution in [0.25, 0.3) is 0 Å².